The summed E-state index contributed by atoms with van der Waals surface area (Å²) in [7, 11) is 0. The number of carbonyl (C=O) groups is 1. The van der Waals surface area contributed by atoms with E-state index in [0.717, 1.165) is 25.2 Å². The molecule has 8 heteroatoms. The number of hydrogen-bond donors (Lipinski definition) is 1. The van der Waals surface area contributed by atoms with Crippen LogP contribution < -0.4 is 4.90 Å². The lowest BCUT2D eigenvalue weighted by Crippen LogP contribution is -2.36. The Kier molecular flexibility index (Phi) is 5.48. The Hall–Kier alpha value is -1.80. The molecule has 1 aromatic rings. The van der Waals surface area contributed by atoms with Crippen LogP contribution in [0.25, 0.3) is 0 Å². The quantitative estimate of drug-likeness (QED) is 0.797. The summed E-state index contributed by atoms with van der Waals surface area (Å²) in [4.78, 5) is 23.2. The van der Waals surface area contributed by atoms with E-state index in [4.69, 9.17) is 9.47 Å². The normalized spacial score (nSPS) is 23.4. The predicted molar refractivity (Wildman–Crippen MR) is 97.6 cm³/mol. The molecule has 0 amide bonds. The molecule has 3 heterocycles. The SMILES string of the molecule is CCCOC(=O)[C@@]1(C)CSC(c2ncc(N3CCOCC3)cc2O)=N1. The highest BCUT2D eigenvalue weighted by atomic mass is 32.2. The van der Waals surface area contributed by atoms with E-state index in [2.05, 4.69) is 14.9 Å². The summed E-state index contributed by atoms with van der Waals surface area (Å²) in [5.74, 6) is 0.222. The molecule has 3 rings (SSSR count). The Morgan fingerprint density at radius 3 is 2.92 bits per heavy atom. The lowest BCUT2D eigenvalue weighted by molar-refractivity contribution is -0.148. The van der Waals surface area contributed by atoms with Gasteiger partial charge in [0.25, 0.3) is 0 Å². The lowest BCUT2D eigenvalue weighted by atomic mass is 10.1. The predicted octanol–water partition coefficient (Wildman–Crippen LogP) is 1.83. The van der Waals surface area contributed by atoms with E-state index in [1.807, 2.05) is 6.92 Å². The lowest BCUT2D eigenvalue weighted by Gasteiger charge is -2.28. The van der Waals surface area contributed by atoms with Gasteiger partial charge in [0.2, 0.25) is 0 Å². The second kappa shape index (κ2) is 7.61. The molecule has 0 aromatic carbocycles. The van der Waals surface area contributed by atoms with Gasteiger partial charge < -0.3 is 19.5 Å². The molecule has 1 atom stereocenters. The molecule has 25 heavy (non-hydrogen) atoms. The van der Waals surface area contributed by atoms with Gasteiger partial charge in [-0.2, -0.15) is 0 Å². The van der Waals surface area contributed by atoms with Gasteiger partial charge in [-0.05, 0) is 13.3 Å². The van der Waals surface area contributed by atoms with Crippen LogP contribution in [0.3, 0.4) is 0 Å². The maximum absolute atomic E-state index is 12.2. The van der Waals surface area contributed by atoms with Gasteiger partial charge in [0.15, 0.2) is 5.54 Å². The van der Waals surface area contributed by atoms with Crippen LogP contribution in [0.1, 0.15) is 26.0 Å². The average Bonchev–Trinajstić information content (AvgIpc) is 3.03. The Balaban J connectivity index is 1.77. The molecule has 1 saturated heterocycles. The molecular weight excluding hydrogens is 342 g/mol. The van der Waals surface area contributed by atoms with Crippen molar-refractivity contribution in [3.63, 3.8) is 0 Å². The van der Waals surface area contributed by atoms with Crippen LogP contribution >= 0.6 is 11.8 Å². The number of anilines is 1. The number of thioether (sulfide) groups is 1. The topological polar surface area (TPSA) is 84.2 Å². The van der Waals surface area contributed by atoms with E-state index < -0.39 is 5.54 Å². The van der Waals surface area contributed by atoms with Gasteiger partial charge in [0.05, 0.1) is 31.7 Å². The summed E-state index contributed by atoms with van der Waals surface area (Å²) in [6.45, 7) is 6.99. The summed E-state index contributed by atoms with van der Waals surface area (Å²) in [6.07, 6.45) is 2.51. The van der Waals surface area contributed by atoms with Crippen LogP contribution in [0.4, 0.5) is 5.69 Å². The molecule has 1 fully saturated rings. The number of morpholine rings is 1. The number of aromatic nitrogens is 1. The number of pyridine rings is 1. The third-order valence-electron chi connectivity index (χ3n) is 4.15. The summed E-state index contributed by atoms with van der Waals surface area (Å²) >= 11 is 1.41. The molecule has 2 aliphatic heterocycles. The van der Waals surface area contributed by atoms with Gasteiger partial charge in [0.1, 0.15) is 16.5 Å². The van der Waals surface area contributed by atoms with E-state index in [0.29, 0.717) is 36.3 Å². The Labute approximate surface area is 151 Å². The fourth-order valence-electron chi connectivity index (χ4n) is 2.68. The van der Waals surface area contributed by atoms with Crippen LogP contribution in [0.5, 0.6) is 5.75 Å². The van der Waals surface area contributed by atoms with E-state index in [1.54, 1.807) is 19.2 Å². The van der Waals surface area contributed by atoms with E-state index in [9.17, 15) is 9.90 Å². The molecule has 2 aliphatic rings. The standard InChI is InChI=1S/C17H23N3O4S/c1-3-6-24-16(22)17(2)11-25-15(19-17)14-13(21)9-12(10-18-14)20-4-7-23-8-5-20/h9-10,21H,3-8,11H2,1-2H3/t17-/m1/s1. The van der Waals surface area contributed by atoms with Crippen molar-refractivity contribution in [2.45, 2.75) is 25.8 Å². The zero-order valence-corrected chi connectivity index (χ0v) is 15.3. The fraction of sp³-hybridized carbons (Fsp3) is 0.588. The third-order valence-corrected chi connectivity index (χ3v) is 5.41. The van der Waals surface area contributed by atoms with Crippen LogP contribution in [-0.4, -0.2) is 65.3 Å². The molecule has 0 bridgehead atoms. The number of aromatic hydroxyl groups is 1. The Morgan fingerprint density at radius 1 is 1.48 bits per heavy atom. The summed E-state index contributed by atoms with van der Waals surface area (Å²) < 4.78 is 10.6. The largest absolute Gasteiger partial charge is 0.506 e. The Morgan fingerprint density at radius 2 is 2.24 bits per heavy atom. The molecular formula is C17H23N3O4S. The van der Waals surface area contributed by atoms with Crippen molar-refractivity contribution in [1.29, 1.82) is 0 Å². The van der Waals surface area contributed by atoms with Crippen molar-refractivity contribution >= 4 is 28.5 Å². The van der Waals surface area contributed by atoms with Gasteiger partial charge >= 0.3 is 5.97 Å². The smallest absolute Gasteiger partial charge is 0.334 e. The molecule has 0 radical (unpaired) electrons. The zero-order valence-electron chi connectivity index (χ0n) is 14.5. The maximum Gasteiger partial charge on any atom is 0.334 e. The highest BCUT2D eigenvalue weighted by molar-refractivity contribution is 8.14. The maximum atomic E-state index is 12.2. The third kappa shape index (κ3) is 3.90. The van der Waals surface area contributed by atoms with Crippen LogP contribution in [0.15, 0.2) is 17.3 Å². The molecule has 0 aliphatic carbocycles. The summed E-state index contributed by atoms with van der Waals surface area (Å²) in [6, 6.07) is 1.70. The minimum atomic E-state index is -0.924. The first-order chi connectivity index (χ1) is 12.0. The van der Waals surface area contributed by atoms with E-state index >= 15 is 0 Å². The van der Waals surface area contributed by atoms with E-state index in [-0.39, 0.29) is 11.7 Å². The summed E-state index contributed by atoms with van der Waals surface area (Å²) in [5, 5.41) is 11.0. The molecule has 7 nitrogen and oxygen atoms in total. The number of rotatable bonds is 5. The second-order valence-corrected chi connectivity index (χ2v) is 7.24. The first kappa shape index (κ1) is 18.0. The van der Waals surface area contributed by atoms with Crippen molar-refractivity contribution in [1.82, 2.24) is 4.98 Å². The van der Waals surface area contributed by atoms with Crippen molar-refractivity contribution < 1.29 is 19.4 Å². The van der Waals surface area contributed by atoms with Crippen LogP contribution in [-0.2, 0) is 14.3 Å². The molecule has 0 saturated carbocycles. The van der Waals surface area contributed by atoms with Gasteiger partial charge in [-0.1, -0.05) is 6.92 Å². The van der Waals surface area contributed by atoms with Gasteiger partial charge in [-0.15, -0.1) is 11.8 Å². The van der Waals surface area contributed by atoms with Crippen molar-refractivity contribution in [2.24, 2.45) is 4.99 Å². The Bertz CT molecular complexity index is 676. The van der Waals surface area contributed by atoms with Crippen molar-refractivity contribution in [3.8, 4) is 5.75 Å². The summed E-state index contributed by atoms with van der Waals surface area (Å²) in [5.41, 5.74) is 0.346. The fourth-order valence-corrected chi connectivity index (χ4v) is 3.84. The highest BCUT2D eigenvalue weighted by Crippen LogP contribution is 2.35. The minimum absolute atomic E-state index is 0.0708. The first-order valence-corrected chi connectivity index (χ1v) is 9.44. The molecule has 1 N–H and O–H groups in total. The number of hydrogen-bond acceptors (Lipinski definition) is 8. The molecule has 1 aromatic heterocycles. The van der Waals surface area contributed by atoms with Crippen molar-refractivity contribution in [3.05, 3.63) is 18.0 Å². The second-order valence-electron chi connectivity index (χ2n) is 6.28. The number of ether oxygens (including phenoxy) is 2. The van der Waals surface area contributed by atoms with Gasteiger partial charge in [0, 0.05) is 24.9 Å². The highest BCUT2D eigenvalue weighted by Gasteiger charge is 2.40. The number of nitrogens with zero attached hydrogens (tertiary/aromatic N) is 3. The van der Waals surface area contributed by atoms with Crippen molar-refractivity contribution in [2.75, 3.05) is 43.6 Å². The number of aliphatic imine (C=N–C) groups is 1. The first-order valence-electron chi connectivity index (χ1n) is 8.45. The number of esters is 1. The zero-order chi connectivity index (χ0) is 17.9. The molecule has 0 spiro atoms. The van der Waals surface area contributed by atoms with Crippen LogP contribution in [0, 0.1) is 0 Å². The average molecular weight is 365 g/mol. The van der Waals surface area contributed by atoms with Crippen LogP contribution in [0.2, 0.25) is 0 Å². The number of carbonyl (C=O) groups excluding carboxylic acids is 1. The molecule has 136 valence electrons. The monoisotopic (exact) mass is 365 g/mol. The van der Waals surface area contributed by atoms with Gasteiger partial charge in [-0.3, -0.25) is 4.99 Å². The molecule has 0 unspecified atom stereocenters. The minimum Gasteiger partial charge on any atom is -0.506 e. The van der Waals surface area contributed by atoms with E-state index in [1.165, 1.54) is 11.8 Å². The van der Waals surface area contributed by atoms with Gasteiger partial charge in [-0.25, -0.2) is 9.78 Å².